The van der Waals surface area contributed by atoms with Crippen molar-refractivity contribution in [2.75, 3.05) is 7.05 Å². The van der Waals surface area contributed by atoms with E-state index in [2.05, 4.69) is 11.9 Å². The Kier molecular flexibility index (Phi) is 5.44. The normalized spacial score (nSPS) is 16.1. The lowest BCUT2D eigenvalue weighted by Crippen LogP contribution is -2.34. The predicted molar refractivity (Wildman–Crippen MR) is 113 cm³/mol. The van der Waals surface area contributed by atoms with Crippen molar-refractivity contribution in [1.82, 2.24) is 14.5 Å². The number of nitrogens with zero attached hydrogens (tertiary/aromatic N) is 3. The molecule has 0 bridgehead atoms. The Morgan fingerprint density at radius 2 is 2.24 bits per heavy atom. The number of fused-ring (bicyclic) bond motifs is 3. The van der Waals surface area contributed by atoms with E-state index in [4.69, 9.17) is 11.6 Å². The lowest BCUT2D eigenvalue weighted by Gasteiger charge is -2.19. The molecule has 0 fully saturated rings. The summed E-state index contributed by atoms with van der Waals surface area (Å²) in [5, 5.41) is 0.913. The fourth-order valence-electron chi connectivity index (χ4n) is 3.75. The third-order valence-electron chi connectivity index (χ3n) is 5.47. The maximum absolute atomic E-state index is 14.0. The van der Waals surface area contributed by atoms with Crippen molar-refractivity contribution < 1.29 is 9.18 Å². The Morgan fingerprint density at radius 1 is 1.45 bits per heavy atom. The van der Waals surface area contributed by atoms with Crippen LogP contribution in [0.15, 0.2) is 29.3 Å². The minimum absolute atomic E-state index is 0.0283. The van der Waals surface area contributed by atoms with Crippen LogP contribution < -0.4 is 5.56 Å². The molecular formula is C21H21ClFN3O2S. The summed E-state index contributed by atoms with van der Waals surface area (Å²) < 4.78 is 15.3. The number of carbonyl (C=O) groups is 1. The van der Waals surface area contributed by atoms with E-state index in [9.17, 15) is 14.0 Å². The van der Waals surface area contributed by atoms with Gasteiger partial charge in [0.1, 0.15) is 17.2 Å². The molecule has 2 aromatic heterocycles. The molecule has 3 aromatic rings. The van der Waals surface area contributed by atoms with E-state index < -0.39 is 5.82 Å². The van der Waals surface area contributed by atoms with Crippen LogP contribution >= 0.6 is 22.9 Å². The number of benzene rings is 1. The van der Waals surface area contributed by atoms with Gasteiger partial charge >= 0.3 is 0 Å². The number of aromatic nitrogens is 2. The highest BCUT2D eigenvalue weighted by molar-refractivity contribution is 7.18. The monoisotopic (exact) mass is 433 g/mol. The molecule has 0 saturated carbocycles. The Hall–Kier alpha value is -2.25. The van der Waals surface area contributed by atoms with Gasteiger partial charge in [-0.1, -0.05) is 24.6 Å². The average Bonchev–Trinajstić information content (AvgIpc) is 3.05. The van der Waals surface area contributed by atoms with Crippen molar-refractivity contribution in [2.24, 2.45) is 5.92 Å². The highest BCUT2D eigenvalue weighted by Crippen LogP contribution is 2.35. The minimum Gasteiger partial charge on any atom is -0.340 e. The van der Waals surface area contributed by atoms with Crippen molar-refractivity contribution in [3.63, 3.8) is 0 Å². The molecule has 152 valence electrons. The van der Waals surface area contributed by atoms with Crippen molar-refractivity contribution in [2.45, 2.75) is 39.3 Å². The number of hydrogen-bond acceptors (Lipinski definition) is 4. The number of aryl methyl sites for hydroxylation is 1. The summed E-state index contributed by atoms with van der Waals surface area (Å²) in [7, 11) is 1.57. The Balaban J connectivity index is 1.58. The van der Waals surface area contributed by atoms with E-state index >= 15 is 0 Å². The molecule has 0 aliphatic heterocycles. The summed E-state index contributed by atoms with van der Waals surface area (Å²) in [6.07, 6.45) is 4.33. The van der Waals surface area contributed by atoms with Crippen LogP contribution in [0, 0.1) is 11.7 Å². The summed E-state index contributed by atoms with van der Waals surface area (Å²) in [5.41, 5.74) is 1.16. The summed E-state index contributed by atoms with van der Waals surface area (Å²) in [6.45, 7) is 2.10. The molecule has 2 heterocycles. The number of halogens is 2. The first-order chi connectivity index (χ1) is 13.8. The molecule has 0 N–H and O–H groups in total. The van der Waals surface area contributed by atoms with Gasteiger partial charge in [-0.15, -0.1) is 11.3 Å². The second kappa shape index (κ2) is 7.88. The minimum atomic E-state index is -0.462. The second-order valence-corrected chi connectivity index (χ2v) is 9.15. The van der Waals surface area contributed by atoms with E-state index in [0.717, 1.165) is 29.7 Å². The smallest absolute Gasteiger partial charge is 0.262 e. The zero-order valence-electron chi connectivity index (χ0n) is 16.2. The summed E-state index contributed by atoms with van der Waals surface area (Å²) in [5.74, 6) is -0.167. The number of thiophene rings is 1. The van der Waals surface area contributed by atoms with Gasteiger partial charge in [0, 0.05) is 29.1 Å². The van der Waals surface area contributed by atoms with Gasteiger partial charge in [-0.2, -0.15) is 0 Å². The molecule has 4 rings (SSSR count). The Morgan fingerprint density at radius 3 is 3.00 bits per heavy atom. The summed E-state index contributed by atoms with van der Waals surface area (Å²) in [4.78, 5) is 33.5. The van der Waals surface area contributed by atoms with E-state index in [1.807, 2.05) is 0 Å². The lowest BCUT2D eigenvalue weighted by atomic mass is 9.89. The largest absolute Gasteiger partial charge is 0.340 e. The highest BCUT2D eigenvalue weighted by atomic mass is 35.5. The van der Waals surface area contributed by atoms with Crippen LogP contribution in [0.4, 0.5) is 4.39 Å². The van der Waals surface area contributed by atoms with Crippen LogP contribution in [-0.2, 0) is 30.7 Å². The molecule has 1 aliphatic rings. The molecular weight excluding hydrogens is 413 g/mol. The summed E-state index contributed by atoms with van der Waals surface area (Å²) >= 11 is 7.63. The maximum Gasteiger partial charge on any atom is 0.262 e. The molecule has 8 heteroatoms. The molecule has 5 nitrogen and oxygen atoms in total. The van der Waals surface area contributed by atoms with Crippen LogP contribution in [0.3, 0.4) is 0 Å². The number of likely N-dealkylation sites (N-methyl/N-ethyl adjacent to an activating group) is 1. The quantitative estimate of drug-likeness (QED) is 0.624. The van der Waals surface area contributed by atoms with Gasteiger partial charge in [-0.25, -0.2) is 9.37 Å². The third-order valence-corrected chi connectivity index (χ3v) is 6.99. The first-order valence-corrected chi connectivity index (χ1v) is 10.7. The van der Waals surface area contributed by atoms with Gasteiger partial charge in [-0.3, -0.25) is 14.2 Å². The third kappa shape index (κ3) is 3.81. The number of hydrogen-bond donors (Lipinski definition) is 0. The molecule has 0 spiro atoms. The van der Waals surface area contributed by atoms with E-state index in [1.54, 1.807) is 24.5 Å². The van der Waals surface area contributed by atoms with Crippen molar-refractivity contribution in [3.8, 4) is 0 Å². The molecule has 1 aromatic carbocycles. The van der Waals surface area contributed by atoms with Gasteiger partial charge in [0.2, 0.25) is 5.91 Å². The van der Waals surface area contributed by atoms with Gasteiger partial charge in [0.05, 0.1) is 11.7 Å². The first kappa shape index (κ1) is 20.0. The zero-order chi connectivity index (χ0) is 20.7. The fourth-order valence-corrected chi connectivity index (χ4v) is 5.32. The second-order valence-electron chi connectivity index (χ2n) is 7.66. The first-order valence-electron chi connectivity index (χ1n) is 9.51. The van der Waals surface area contributed by atoms with Crippen molar-refractivity contribution >= 4 is 39.1 Å². The zero-order valence-corrected chi connectivity index (χ0v) is 17.8. The summed E-state index contributed by atoms with van der Waals surface area (Å²) in [6, 6.07) is 4.41. The number of rotatable bonds is 4. The average molecular weight is 434 g/mol. The van der Waals surface area contributed by atoms with E-state index in [-0.39, 0.29) is 35.1 Å². The molecule has 1 aliphatic carbocycles. The molecule has 1 atom stereocenters. The lowest BCUT2D eigenvalue weighted by molar-refractivity contribution is -0.131. The van der Waals surface area contributed by atoms with Crippen LogP contribution in [0.2, 0.25) is 5.02 Å². The molecule has 1 amide bonds. The van der Waals surface area contributed by atoms with Crippen molar-refractivity contribution in [1.29, 1.82) is 0 Å². The highest BCUT2D eigenvalue weighted by Gasteiger charge is 2.24. The maximum atomic E-state index is 14.0. The van der Waals surface area contributed by atoms with Crippen molar-refractivity contribution in [3.05, 3.63) is 61.7 Å². The van der Waals surface area contributed by atoms with E-state index in [1.165, 1.54) is 32.8 Å². The Bertz CT molecular complexity index is 1140. The molecule has 0 radical (unpaired) electrons. The van der Waals surface area contributed by atoms with Crippen LogP contribution in [-0.4, -0.2) is 27.4 Å². The fraction of sp³-hybridized carbons (Fsp3) is 0.381. The van der Waals surface area contributed by atoms with Crippen LogP contribution in [0.5, 0.6) is 0 Å². The van der Waals surface area contributed by atoms with Gasteiger partial charge < -0.3 is 4.90 Å². The van der Waals surface area contributed by atoms with Crippen LogP contribution in [0.1, 0.15) is 29.3 Å². The van der Waals surface area contributed by atoms with Gasteiger partial charge in [0.15, 0.2) is 0 Å². The topological polar surface area (TPSA) is 55.2 Å². The molecule has 1 unspecified atom stereocenters. The Labute approximate surface area is 176 Å². The molecule has 0 saturated heterocycles. The predicted octanol–water partition coefficient (Wildman–Crippen LogP) is 4.03. The van der Waals surface area contributed by atoms with E-state index in [0.29, 0.717) is 11.3 Å². The number of amides is 1. The number of carbonyl (C=O) groups excluding carboxylic acids is 1. The van der Waals surface area contributed by atoms with Gasteiger partial charge in [0.25, 0.3) is 5.56 Å². The van der Waals surface area contributed by atoms with Gasteiger partial charge in [-0.05, 0) is 42.9 Å². The standard InChI is InChI=1S/C21H21ClFN3O2S/c1-12-6-7-13-17(8-12)29-20-19(13)21(28)26(11-24-20)10-18(27)25(2)9-14-15(22)4-3-5-16(14)23/h3-5,11-12H,6-10H2,1-2H3. The van der Waals surface area contributed by atoms with Crippen LogP contribution in [0.25, 0.3) is 10.2 Å². The SMILES string of the molecule is CC1CCc2c(sc3ncn(CC(=O)N(C)Cc4c(F)cccc4Cl)c(=O)c23)C1. The molecule has 29 heavy (non-hydrogen) atoms.